The molecule has 2 nitrogen and oxygen atoms in total. The highest BCUT2D eigenvalue weighted by atomic mass is 15.4. The Morgan fingerprint density at radius 1 is 1.15 bits per heavy atom. The molecular formula is C11H14N2. The lowest BCUT2D eigenvalue weighted by Gasteiger charge is -1.99. The summed E-state index contributed by atoms with van der Waals surface area (Å²) in [6.45, 7) is 0. The molecule has 1 aromatic carbocycles. The third-order valence-electron chi connectivity index (χ3n) is 1.47. The van der Waals surface area contributed by atoms with Crippen molar-refractivity contribution < 1.29 is 0 Å². The van der Waals surface area contributed by atoms with Crippen LogP contribution >= 0.6 is 0 Å². The van der Waals surface area contributed by atoms with Gasteiger partial charge < -0.3 is 5.01 Å². The zero-order valence-corrected chi connectivity index (χ0v) is 8.01. The van der Waals surface area contributed by atoms with E-state index in [4.69, 9.17) is 0 Å². The molecule has 1 aromatic rings. The van der Waals surface area contributed by atoms with E-state index in [1.807, 2.05) is 44.4 Å². The molecule has 1 rings (SSSR count). The first-order chi connectivity index (χ1) is 6.29. The first-order valence-corrected chi connectivity index (χ1v) is 4.22. The van der Waals surface area contributed by atoms with Crippen LogP contribution in [0.25, 0.3) is 6.08 Å². The van der Waals surface area contributed by atoms with E-state index in [9.17, 15) is 0 Å². The maximum Gasteiger partial charge on any atom is 0.0470 e. The average molecular weight is 174 g/mol. The Hall–Kier alpha value is -1.57. The van der Waals surface area contributed by atoms with Crippen molar-refractivity contribution in [2.24, 2.45) is 5.10 Å². The monoisotopic (exact) mass is 174 g/mol. The van der Waals surface area contributed by atoms with Gasteiger partial charge in [0, 0.05) is 20.3 Å². The zero-order valence-electron chi connectivity index (χ0n) is 8.01. The summed E-state index contributed by atoms with van der Waals surface area (Å²) in [5.41, 5.74) is 1.19. The second kappa shape index (κ2) is 5.14. The highest BCUT2D eigenvalue weighted by molar-refractivity contribution is 5.77. The Labute approximate surface area is 79.2 Å². The van der Waals surface area contributed by atoms with E-state index in [-0.39, 0.29) is 0 Å². The van der Waals surface area contributed by atoms with E-state index < -0.39 is 0 Å². The van der Waals surface area contributed by atoms with Crippen LogP contribution in [0.1, 0.15) is 5.56 Å². The van der Waals surface area contributed by atoms with Crippen molar-refractivity contribution in [3.05, 3.63) is 42.0 Å². The van der Waals surface area contributed by atoms with Crippen molar-refractivity contribution in [2.45, 2.75) is 0 Å². The van der Waals surface area contributed by atoms with Crippen LogP contribution in [0.2, 0.25) is 0 Å². The fraction of sp³-hybridized carbons (Fsp3) is 0.182. The van der Waals surface area contributed by atoms with Crippen LogP contribution in [-0.4, -0.2) is 25.3 Å². The summed E-state index contributed by atoms with van der Waals surface area (Å²) in [6.07, 6.45) is 5.72. The van der Waals surface area contributed by atoms with Gasteiger partial charge in [-0.1, -0.05) is 36.4 Å². The Morgan fingerprint density at radius 2 is 1.85 bits per heavy atom. The molecule has 0 saturated heterocycles. The summed E-state index contributed by atoms with van der Waals surface area (Å²) in [4.78, 5) is 0. The van der Waals surface area contributed by atoms with Gasteiger partial charge in [-0.2, -0.15) is 5.10 Å². The van der Waals surface area contributed by atoms with E-state index >= 15 is 0 Å². The Balaban J connectivity index is 2.50. The summed E-state index contributed by atoms with van der Waals surface area (Å²) in [6, 6.07) is 10.1. The molecule has 0 aliphatic heterocycles. The molecular weight excluding hydrogens is 160 g/mol. The lowest BCUT2D eigenvalue weighted by molar-refractivity contribution is 0.440. The maximum atomic E-state index is 4.06. The number of rotatable bonds is 3. The Bertz CT molecular complexity index is 286. The SMILES string of the molecule is CN(C)/N=C/C=C\c1ccccc1. The van der Waals surface area contributed by atoms with Gasteiger partial charge in [-0.3, -0.25) is 0 Å². The molecule has 13 heavy (non-hydrogen) atoms. The Morgan fingerprint density at radius 3 is 2.46 bits per heavy atom. The third-order valence-corrected chi connectivity index (χ3v) is 1.47. The summed E-state index contributed by atoms with van der Waals surface area (Å²) in [5.74, 6) is 0. The molecule has 0 unspecified atom stereocenters. The largest absolute Gasteiger partial charge is 0.303 e. The van der Waals surface area contributed by atoms with E-state index in [1.54, 1.807) is 11.2 Å². The molecule has 0 atom stereocenters. The van der Waals surface area contributed by atoms with Gasteiger partial charge in [0.1, 0.15) is 0 Å². The lowest BCUT2D eigenvalue weighted by atomic mass is 10.2. The standard InChI is InChI=1S/C11H14N2/c1-13(2)12-10-6-9-11-7-4-3-5-8-11/h3-10H,1-2H3/b9-6-,12-10+. The molecule has 0 N–H and O–H groups in total. The van der Waals surface area contributed by atoms with Gasteiger partial charge in [-0.05, 0) is 11.6 Å². The van der Waals surface area contributed by atoms with Crippen LogP contribution in [-0.2, 0) is 0 Å². The van der Waals surface area contributed by atoms with Gasteiger partial charge in [0.05, 0.1) is 0 Å². The van der Waals surface area contributed by atoms with Gasteiger partial charge in [0.2, 0.25) is 0 Å². The lowest BCUT2D eigenvalue weighted by Crippen LogP contribution is -2.00. The van der Waals surface area contributed by atoms with Gasteiger partial charge in [0.25, 0.3) is 0 Å². The molecule has 2 heteroatoms. The number of allylic oxidation sites excluding steroid dienone is 1. The van der Waals surface area contributed by atoms with Crippen molar-refractivity contribution in [2.75, 3.05) is 14.1 Å². The minimum atomic E-state index is 1.19. The molecule has 0 fully saturated rings. The second-order valence-corrected chi connectivity index (χ2v) is 2.88. The number of hydrogen-bond donors (Lipinski definition) is 0. The van der Waals surface area contributed by atoms with Crippen molar-refractivity contribution in [1.82, 2.24) is 5.01 Å². The molecule has 0 amide bonds. The smallest absolute Gasteiger partial charge is 0.0470 e. The molecule has 0 bridgehead atoms. The average Bonchev–Trinajstić information content (AvgIpc) is 2.14. The summed E-state index contributed by atoms with van der Waals surface area (Å²) in [5, 5.41) is 5.82. The highest BCUT2D eigenvalue weighted by Crippen LogP contribution is 1.99. The molecule has 0 radical (unpaired) electrons. The van der Waals surface area contributed by atoms with E-state index in [2.05, 4.69) is 17.2 Å². The predicted octanol–water partition coefficient (Wildman–Crippen LogP) is 2.25. The van der Waals surface area contributed by atoms with Crippen LogP contribution in [0.4, 0.5) is 0 Å². The summed E-state index contributed by atoms with van der Waals surface area (Å²) in [7, 11) is 3.79. The molecule has 0 aromatic heterocycles. The third kappa shape index (κ3) is 4.11. The van der Waals surface area contributed by atoms with Gasteiger partial charge in [-0.25, -0.2) is 0 Å². The van der Waals surface area contributed by atoms with Gasteiger partial charge >= 0.3 is 0 Å². The molecule has 0 aliphatic carbocycles. The molecule has 0 spiro atoms. The Kier molecular flexibility index (Phi) is 3.76. The van der Waals surface area contributed by atoms with Gasteiger partial charge in [-0.15, -0.1) is 0 Å². The van der Waals surface area contributed by atoms with E-state index in [0.29, 0.717) is 0 Å². The fourth-order valence-corrected chi connectivity index (χ4v) is 0.890. The van der Waals surface area contributed by atoms with Crippen molar-refractivity contribution in [3.8, 4) is 0 Å². The van der Waals surface area contributed by atoms with Crippen molar-refractivity contribution in [1.29, 1.82) is 0 Å². The molecule has 0 heterocycles. The normalized spacial score (nSPS) is 11.2. The van der Waals surface area contributed by atoms with Crippen LogP contribution < -0.4 is 0 Å². The minimum absolute atomic E-state index is 1.19. The topological polar surface area (TPSA) is 15.6 Å². The van der Waals surface area contributed by atoms with Gasteiger partial charge in [0.15, 0.2) is 0 Å². The van der Waals surface area contributed by atoms with Crippen molar-refractivity contribution in [3.63, 3.8) is 0 Å². The van der Waals surface area contributed by atoms with Crippen LogP contribution in [0.5, 0.6) is 0 Å². The first-order valence-electron chi connectivity index (χ1n) is 4.22. The van der Waals surface area contributed by atoms with Crippen LogP contribution in [0.15, 0.2) is 41.5 Å². The summed E-state index contributed by atoms with van der Waals surface area (Å²) >= 11 is 0. The highest BCUT2D eigenvalue weighted by Gasteiger charge is 1.80. The number of nitrogens with zero attached hydrogens (tertiary/aromatic N) is 2. The predicted molar refractivity (Wildman–Crippen MR) is 57.7 cm³/mol. The first kappa shape index (κ1) is 9.52. The van der Waals surface area contributed by atoms with Crippen LogP contribution in [0, 0.1) is 0 Å². The molecule has 0 aliphatic rings. The number of hydrazone groups is 1. The number of hydrogen-bond acceptors (Lipinski definition) is 2. The summed E-state index contributed by atoms with van der Waals surface area (Å²) < 4.78 is 0. The fourth-order valence-electron chi connectivity index (χ4n) is 0.890. The molecule has 0 saturated carbocycles. The zero-order chi connectivity index (χ0) is 9.52. The van der Waals surface area contributed by atoms with E-state index in [1.165, 1.54) is 5.56 Å². The quantitative estimate of drug-likeness (QED) is 0.507. The molecule has 68 valence electrons. The minimum Gasteiger partial charge on any atom is -0.303 e. The maximum absolute atomic E-state index is 4.06. The van der Waals surface area contributed by atoms with Crippen LogP contribution in [0.3, 0.4) is 0 Å². The van der Waals surface area contributed by atoms with E-state index in [0.717, 1.165) is 0 Å². The van der Waals surface area contributed by atoms with Crippen molar-refractivity contribution >= 4 is 12.3 Å². The number of benzene rings is 1. The second-order valence-electron chi connectivity index (χ2n) is 2.88.